The first kappa shape index (κ1) is 17.8. The third-order valence-corrected chi connectivity index (χ3v) is 6.67. The second kappa shape index (κ2) is 7.29. The zero-order valence-corrected chi connectivity index (χ0v) is 16.5. The normalized spacial score (nSPS) is 13.3. The number of aromatic nitrogens is 2. The number of carbonyl (C=O) groups is 1. The Morgan fingerprint density at radius 1 is 0.862 bits per heavy atom. The Labute approximate surface area is 171 Å². The third-order valence-electron chi connectivity index (χ3n) is 5.18. The van der Waals surface area contributed by atoms with E-state index in [1.165, 1.54) is 0 Å². The summed E-state index contributed by atoms with van der Waals surface area (Å²) < 4.78 is 15.0. The molecule has 5 nitrogen and oxygen atoms in total. The van der Waals surface area contributed by atoms with Crippen LogP contribution in [0.2, 0.25) is 0 Å². The number of rotatable bonds is 4. The van der Waals surface area contributed by atoms with Crippen molar-refractivity contribution in [1.29, 1.82) is 0 Å². The summed E-state index contributed by atoms with van der Waals surface area (Å²) in [4.78, 5) is 20.7. The second-order valence-electron chi connectivity index (χ2n) is 6.96. The van der Waals surface area contributed by atoms with Gasteiger partial charge in [0, 0.05) is 13.0 Å². The van der Waals surface area contributed by atoms with Crippen LogP contribution in [0, 0.1) is 0 Å². The third kappa shape index (κ3) is 3.06. The Morgan fingerprint density at radius 3 is 2.21 bits per heavy atom. The lowest BCUT2D eigenvalue weighted by Gasteiger charge is -2.31. The van der Waals surface area contributed by atoms with Crippen LogP contribution < -0.4 is 4.90 Å². The maximum atomic E-state index is 13.2. The number of imidazole rings is 1. The lowest BCUT2D eigenvalue weighted by molar-refractivity contribution is -0.118. The van der Waals surface area contributed by atoms with Gasteiger partial charge in [-0.3, -0.25) is 9.69 Å². The van der Waals surface area contributed by atoms with Crippen molar-refractivity contribution in [3.63, 3.8) is 0 Å². The van der Waals surface area contributed by atoms with Gasteiger partial charge < -0.3 is 4.57 Å². The van der Waals surface area contributed by atoms with Crippen LogP contribution in [0.1, 0.15) is 12.8 Å². The van der Waals surface area contributed by atoms with Gasteiger partial charge in [-0.05, 0) is 42.8 Å². The second-order valence-corrected chi connectivity index (χ2v) is 8.38. The van der Waals surface area contributed by atoms with Crippen LogP contribution in [-0.4, -0.2) is 19.7 Å². The zero-order valence-electron chi connectivity index (χ0n) is 15.7. The molecule has 0 atom stereocenters. The van der Waals surface area contributed by atoms with Gasteiger partial charge >= 0.3 is 0 Å². The molecule has 0 saturated carbocycles. The molecule has 3 aromatic carbocycles. The Morgan fingerprint density at radius 2 is 1.48 bits per heavy atom. The molecule has 29 heavy (non-hydrogen) atoms. The van der Waals surface area contributed by atoms with Crippen molar-refractivity contribution in [3.8, 4) is 0 Å². The largest absolute Gasteiger partial charge is 0.331 e. The summed E-state index contributed by atoms with van der Waals surface area (Å²) in [7, 11) is -1.28. The van der Waals surface area contributed by atoms with Crippen molar-refractivity contribution in [2.45, 2.75) is 29.2 Å². The number of aryl methyl sites for hydroxylation is 1. The van der Waals surface area contributed by atoms with Crippen LogP contribution in [0.25, 0.3) is 11.0 Å². The highest BCUT2D eigenvalue weighted by molar-refractivity contribution is 7.85. The number of hydrogen-bond donors (Lipinski definition) is 0. The molecule has 1 aromatic heterocycles. The summed E-state index contributed by atoms with van der Waals surface area (Å²) in [5, 5.41) is 0. The predicted molar refractivity (Wildman–Crippen MR) is 114 cm³/mol. The number of anilines is 2. The number of fused-ring (bicyclic) bond motifs is 3. The monoisotopic (exact) mass is 401 g/mol. The molecule has 1 aliphatic heterocycles. The van der Waals surface area contributed by atoms with Crippen LogP contribution in [0.3, 0.4) is 0 Å². The van der Waals surface area contributed by atoms with Crippen molar-refractivity contribution in [2.24, 2.45) is 0 Å². The van der Waals surface area contributed by atoms with E-state index in [0.29, 0.717) is 34.0 Å². The minimum Gasteiger partial charge on any atom is -0.331 e. The predicted octanol–water partition coefficient (Wildman–Crippen LogP) is 4.66. The average molecular weight is 401 g/mol. The summed E-state index contributed by atoms with van der Waals surface area (Å²) in [6.07, 6.45) is 2.91. The van der Waals surface area contributed by atoms with Crippen LogP contribution in [0.4, 0.5) is 11.4 Å². The molecule has 0 N–H and O–H groups in total. The number of para-hydroxylation sites is 4. The molecule has 0 radical (unpaired) electrons. The molecule has 5 rings (SSSR count). The quantitative estimate of drug-likeness (QED) is 0.500. The van der Waals surface area contributed by atoms with E-state index in [-0.39, 0.29) is 5.91 Å². The summed E-state index contributed by atoms with van der Waals surface area (Å²) in [5.41, 5.74) is 3.45. The van der Waals surface area contributed by atoms with Gasteiger partial charge in [-0.1, -0.05) is 36.4 Å². The van der Waals surface area contributed by atoms with E-state index in [0.717, 1.165) is 17.6 Å². The van der Waals surface area contributed by atoms with Crippen molar-refractivity contribution < 1.29 is 9.00 Å². The number of amides is 1. The van der Waals surface area contributed by atoms with Gasteiger partial charge in [0.1, 0.15) is 0 Å². The van der Waals surface area contributed by atoms with Gasteiger partial charge in [-0.2, -0.15) is 0 Å². The van der Waals surface area contributed by atoms with Crippen molar-refractivity contribution in [1.82, 2.24) is 9.55 Å². The molecular weight excluding hydrogens is 382 g/mol. The maximum absolute atomic E-state index is 13.2. The van der Waals surface area contributed by atoms with Crippen molar-refractivity contribution in [2.75, 3.05) is 4.90 Å². The smallest absolute Gasteiger partial charge is 0.231 e. The first-order chi connectivity index (χ1) is 14.2. The number of nitrogens with zero attached hydrogens (tertiary/aromatic N) is 3. The molecule has 2 heterocycles. The summed E-state index contributed by atoms with van der Waals surface area (Å²) in [6.45, 7) is 0.718. The van der Waals surface area contributed by atoms with Gasteiger partial charge in [0.05, 0.1) is 49.3 Å². The summed E-state index contributed by atoms with van der Waals surface area (Å²) in [6, 6.07) is 22.9. The van der Waals surface area contributed by atoms with Crippen LogP contribution in [0.15, 0.2) is 88.9 Å². The molecule has 0 aliphatic carbocycles. The van der Waals surface area contributed by atoms with E-state index in [2.05, 4.69) is 9.55 Å². The van der Waals surface area contributed by atoms with Crippen molar-refractivity contribution in [3.05, 3.63) is 79.1 Å². The first-order valence-electron chi connectivity index (χ1n) is 9.57. The van der Waals surface area contributed by atoms with E-state index in [9.17, 15) is 9.00 Å². The lowest BCUT2D eigenvalue weighted by Crippen LogP contribution is -2.30. The molecule has 0 saturated heterocycles. The molecule has 0 fully saturated rings. The number of benzene rings is 3. The van der Waals surface area contributed by atoms with Crippen LogP contribution in [0.5, 0.6) is 0 Å². The van der Waals surface area contributed by atoms with E-state index < -0.39 is 10.8 Å². The molecule has 144 valence electrons. The maximum Gasteiger partial charge on any atom is 0.231 e. The summed E-state index contributed by atoms with van der Waals surface area (Å²) >= 11 is 0. The molecule has 6 heteroatoms. The molecule has 1 amide bonds. The highest BCUT2D eigenvalue weighted by Gasteiger charge is 2.31. The minimum absolute atomic E-state index is 0.00557. The van der Waals surface area contributed by atoms with Gasteiger partial charge in [0.25, 0.3) is 0 Å². The topological polar surface area (TPSA) is 55.2 Å². The molecule has 0 spiro atoms. The summed E-state index contributed by atoms with van der Waals surface area (Å²) in [5.74, 6) is 0.00557. The molecular formula is C23H19N3O2S. The Balaban J connectivity index is 1.40. The van der Waals surface area contributed by atoms with E-state index in [1.54, 1.807) is 4.90 Å². The van der Waals surface area contributed by atoms with E-state index in [1.807, 2.05) is 79.1 Å². The number of hydrogen-bond acceptors (Lipinski definition) is 3. The lowest BCUT2D eigenvalue weighted by atomic mass is 10.2. The molecule has 4 aromatic rings. The van der Waals surface area contributed by atoms with E-state index >= 15 is 0 Å². The Kier molecular flexibility index (Phi) is 4.48. The first-order valence-corrected chi connectivity index (χ1v) is 10.7. The van der Waals surface area contributed by atoms with Gasteiger partial charge in [-0.25, -0.2) is 9.19 Å². The van der Waals surface area contributed by atoms with Crippen LogP contribution >= 0.6 is 0 Å². The number of carbonyl (C=O) groups excluding carboxylic acids is 1. The highest BCUT2D eigenvalue weighted by atomic mass is 32.2. The molecule has 0 bridgehead atoms. The fraction of sp³-hybridized carbons (Fsp3) is 0.130. The van der Waals surface area contributed by atoms with Gasteiger partial charge in [0.2, 0.25) is 5.91 Å². The fourth-order valence-electron chi connectivity index (χ4n) is 3.82. The van der Waals surface area contributed by atoms with Crippen LogP contribution in [-0.2, 0) is 22.1 Å². The molecule has 1 aliphatic rings. The Bertz CT molecular complexity index is 1200. The highest BCUT2D eigenvalue weighted by Crippen LogP contribution is 2.42. The van der Waals surface area contributed by atoms with E-state index in [4.69, 9.17) is 0 Å². The Hall–Kier alpha value is -3.25. The van der Waals surface area contributed by atoms with Crippen molar-refractivity contribution >= 4 is 39.1 Å². The van der Waals surface area contributed by atoms with Gasteiger partial charge in [-0.15, -0.1) is 0 Å². The minimum atomic E-state index is -1.28. The molecule has 0 unspecified atom stereocenters. The SMILES string of the molecule is O=C(CCCn1cnc2ccccc21)N1c2ccccc2S(=O)c2ccccc21. The zero-order chi connectivity index (χ0) is 19.8. The van der Waals surface area contributed by atoms with Gasteiger partial charge in [0.15, 0.2) is 0 Å². The fourth-order valence-corrected chi connectivity index (χ4v) is 5.15. The standard InChI is InChI=1S/C23H19N3O2S/c27-23(14-7-15-25-16-24-17-8-1-2-9-18(17)25)26-19-10-3-5-12-21(19)29(28)22-13-6-4-11-20(22)26/h1-6,8-13,16H,7,14-15H2. The average Bonchev–Trinajstić information content (AvgIpc) is 3.17.